The Morgan fingerprint density at radius 2 is 2.05 bits per heavy atom. The summed E-state index contributed by atoms with van der Waals surface area (Å²) in [5.41, 5.74) is 1.10. The van der Waals surface area contributed by atoms with E-state index in [-0.39, 0.29) is 0 Å². The van der Waals surface area contributed by atoms with E-state index in [9.17, 15) is 0 Å². The van der Waals surface area contributed by atoms with Crippen molar-refractivity contribution in [2.45, 2.75) is 44.4 Å². The van der Waals surface area contributed by atoms with E-state index in [1.807, 2.05) is 24.4 Å². The molecule has 21 heavy (non-hydrogen) atoms. The summed E-state index contributed by atoms with van der Waals surface area (Å²) in [7, 11) is 2.06. The van der Waals surface area contributed by atoms with Crippen molar-refractivity contribution in [3.8, 4) is 0 Å². The van der Waals surface area contributed by atoms with E-state index in [4.69, 9.17) is 0 Å². The number of nitrogens with zero attached hydrogens (tertiary/aromatic N) is 4. The molecule has 0 amide bonds. The number of aromatic nitrogens is 4. The highest BCUT2D eigenvalue weighted by atomic mass is 15.3. The summed E-state index contributed by atoms with van der Waals surface area (Å²) in [6.45, 7) is 0.827. The molecule has 0 saturated heterocycles. The van der Waals surface area contributed by atoms with Gasteiger partial charge in [-0.15, -0.1) is 10.2 Å². The normalized spacial score (nSPS) is 16.0. The smallest absolute Gasteiger partial charge is 0.224 e. The lowest BCUT2D eigenvalue weighted by molar-refractivity contribution is 0.421. The molecule has 2 heterocycles. The van der Waals surface area contributed by atoms with Crippen molar-refractivity contribution >= 4 is 5.95 Å². The largest absolute Gasteiger partial charge is 0.354 e. The Bertz CT molecular complexity index is 557. The van der Waals surface area contributed by atoms with Crippen molar-refractivity contribution in [1.82, 2.24) is 19.7 Å². The van der Waals surface area contributed by atoms with Gasteiger partial charge in [0.1, 0.15) is 5.82 Å². The van der Waals surface area contributed by atoms with Gasteiger partial charge in [0.15, 0.2) is 0 Å². The molecule has 0 spiro atoms. The standard InChI is InChI=1S/C16H23N5/c1-21-15(13-7-3-2-4-8-13)19-20-16(21)18-12-10-14-9-5-6-11-17-14/h5-6,9,11,13H,2-4,7-8,10,12H2,1H3,(H,18,20). The fourth-order valence-corrected chi connectivity index (χ4v) is 3.06. The molecule has 112 valence electrons. The molecule has 0 aliphatic heterocycles. The molecule has 0 bridgehead atoms. The van der Waals surface area contributed by atoms with Gasteiger partial charge in [-0.3, -0.25) is 4.98 Å². The fourth-order valence-electron chi connectivity index (χ4n) is 3.06. The zero-order valence-electron chi connectivity index (χ0n) is 12.6. The van der Waals surface area contributed by atoms with E-state index in [1.165, 1.54) is 32.1 Å². The highest BCUT2D eigenvalue weighted by molar-refractivity contribution is 5.26. The van der Waals surface area contributed by atoms with Crippen molar-refractivity contribution < 1.29 is 0 Å². The van der Waals surface area contributed by atoms with Gasteiger partial charge < -0.3 is 9.88 Å². The van der Waals surface area contributed by atoms with Crippen LogP contribution in [0.3, 0.4) is 0 Å². The van der Waals surface area contributed by atoms with Crippen LogP contribution < -0.4 is 5.32 Å². The average Bonchev–Trinajstić information content (AvgIpc) is 2.90. The van der Waals surface area contributed by atoms with Crippen LogP contribution in [0.4, 0.5) is 5.95 Å². The average molecular weight is 285 g/mol. The first-order valence-electron chi connectivity index (χ1n) is 7.87. The molecule has 1 aliphatic carbocycles. The number of nitrogens with one attached hydrogen (secondary N) is 1. The molecule has 1 saturated carbocycles. The predicted molar refractivity (Wildman–Crippen MR) is 83.3 cm³/mol. The van der Waals surface area contributed by atoms with Crippen molar-refractivity contribution in [3.05, 3.63) is 35.9 Å². The minimum atomic E-state index is 0.586. The first kappa shape index (κ1) is 14.0. The molecule has 0 unspecified atom stereocenters. The maximum atomic E-state index is 4.40. The Balaban J connectivity index is 1.57. The third kappa shape index (κ3) is 3.40. The number of rotatable bonds is 5. The van der Waals surface area contributed by atoms with Crippen LogP contribution in [-0.4, -0.2) is 26.3 Å². The van der Waals surface area contributed by atoms with Gasteiger partial charge in [-0.25, -0.2) is 0 Å². The molecular weight excluding hydrogens is 262 g/mol. The van der Waals surface area contributed by atoms with Crippen molar-refractivity contribution in [2.75, 3.05) is 11.9 Å². The minimum Gasteiger partial charge on any atom is -0.354 e. The maximum absolute atomic E-state index is 4.40. The lowest BCUT2D eigenvalue weighted by atomic mass is 9.89. The summed E-state index contributed by atoms with van der Waals surface area (Å²) in [6, 6.07) is 6.01. The van der Waals surface area contributed by atoms with Gasteiger partial charge in [0.25, 0.3) is 0 Å². The summed E-state index contributed by atoms with van der Waals surface area (Å²) >= 11 is 0. The van der Waals surface area contributed by atoms with E-state index in [0.29, 0.717) is 5.92 Å². The van der Waals surface area contributed by atoms with Crippen LogP contribution in [0.25, 0.3) is 0 Å². The van der Waals surface area contributed by atoms with Crippen molar-refractivity contribution in [3.63, 3.8) is 0 Å². The van der Waals surface area contributed by atoms with Gasteiger partial charge in [-0.2, -0.15) is 0 Å². The molecule has 1 N–H and O–H groups in total. The van der Waals surface area contributed by atoms with Crippen LogP contribution in [-0.2, 0) is 13.5 Å². The maximum Gasteiger partial charge on any atom is 0.224 e. The van der Waals surface area contributed by atoms with E-state index in [2.05, 4.69) is 32.1 Å². The van der Waals surface area contributed by atoms with Gasteiger partial charge >= 0.3 is 0 Å². The molecule has 2 aromatic heterocycles. The second-order valence-corrected chi connectivity index (χ2v) is 5.77. The molecule has 0 radical (unpaired) electrons. The van der Waals surface area contributed by atoms with Crippen LogP contribution in [0.15, 0.2) is 24.4 Å². The van der Waals surface area contributed by atoms with Crippen molar-refractivity contribution in [1.29, 1.82) is 0 Å². The predicted octanol–water partition coefficient (Wildman–Crippen LogP) is 2.91. The zero-order valence-corrected chi connectivity index (χ0v) is 12.6. The highest BCUT2D eigenvalue weighted by Gasteiger charge is 2.21. The molecule has 2 aromatic rings. The van der Waals surface area contributed by atoms with Crippen LogP contribution in [0, 0.1) is 0 Å². The summed E-state index contributed by atoms with van der Waals surface area (Å²) in [4.78, 5) is 4.33. The second-order valence-electron chi connectivity index (χ2n) is 5.77. The Morgan fingerprint density at radius 1 is 1.19 bits per heavy atom. The van der Waals surface area contributed by atoms with Crippen LogP contribution >= 0.6 is 0 Å². The third-order valence-electron chi connectivity index (χ3n) is 4.27. The number of hydrogen-bond acceptors (Lipinski definition) is 4. The first-order chi connectivity index (χ1) is 10.3. The molecule has 0 aromatic carbocycles. The lowest BCUT2D eigenvalue weighted by Gasteiger charge is -2.20. The molecule has 1 aliphatic rings. The Morgan fingerprint density at radius 3 is 2.81 bits per heavy atom. The molecular formula is C16H23N5. The molecule has 1 fully saturated rings. The monoisotopic (exact) mass is 285 g/mol. The van der Waals surface area contributed by atoms with Gasteiger partial charge in [0, 0.05) is 37.8 Å². The van der Waals surface area contributed by atoms with E-state index >= 15 is 0 Å². The fraction of sp³-hybridized carbons (Fsp3) is 0.562. The third-order valence-corrected chi connectivity index (χ3v) is 4.27. The Kier molecular flexibility index (Phi) is 4.48. The van der Waals surface area contributed by atoms with Crippen LogP contribution in [0.1, 0.15) is 49.5 Å². The number of pyridine rings is 1. The quantitative estimate of drug-likeness (QED) is 0.917. The molecule has 0 atom stereocenters. The van der Waals surface area contributed by atoms with Gasteiger partial charge in [-0.1, -0.05) is 25.3 Å². The summed E-state index contributed by atoms with van der Waals surface area (Å²) in [5.74, 6) is 2.59. The van der Waals surface area contributed by atoms with Crippen LogP contribution in [0.5, 0.6) is 0 Å². The zero-order chi connectivity index (χ0) is 14.5. The minimum absolute atomic E-state index is 0.586. The molecule has 3 rings (SSSR count). The number of anilines is 1. The Labute approximate surface area is 125 Å². The second kappa shape index (κ2) is 6.70. The Hall–Kier alpha value is -1.91. The van der Waals surface area contributed by atoms with Gasteiger partial charge in [-0.05, 0) is 25.0 Å². The molecule has 5 nitrogen and oxygen atoms in total. The van der Waals surface area contributed by atoms with E-state index in [1.54, 1.807) is 0 Å². The molecule has 5 heteroatoms. The van der Waals surface area contributed by atoms with E-state index in [0.717, 1.165) is 30.4 Å². The summed E-state index contributed by atoms with van der Waals surface area (Å²) in [5, 5.41) is 12.1. The summed E-state index contributed by atoms with van der Waals surface area (Å²) in [6.07, 6.45) is 9.23. The van der Waals surface area contributed by atoms with Crippen molar-refractivity contribution in [2.24, 2.45) is 7.05 Å². The number of hydrogen-bond donors (Lipinski definition) is 1. The van der Waals surface area contributed by atoms with Gasteiger partial charge in [0.2, 0.25) is 5.95 Å². The lowest BCUT2D eigenvalue weighted by Crippen LogP contribution is -2.13. The van der Waals surface area contributed by atoms with Gasteiger partial charge in [0.05, 0.1) is 0 Å². The topological polar surface area (TPSA) is 55.6 Å². The summed E-state index contributed by atoms with van der Waals surface area (Å²) < 4.78 is 2.12. The van der Waals surface area contributed by atoms with E-state index < -0.39 is 0 Å². The highest BCUT2D eigenvalue weighted by Crippen LogP contribution is 2.31. The first-order valence-corrected chi connectivity index (χ1v) is 7.87. The SMILES string of the molecule is Cn1c(NCCc2ccccn2)nnc1C1CCCCC1. The van der Waals surface area contributed by atoms with Crippen LogP contribution in [0.2, 0.25) is 0 Å².